The molecule has 2 rings (SSSR count). The summed E-state index contributed by atoms with van der Waals surface area (Å²) in [6, 6.07) is 5.10. The summed E-state index contributed by atoms with van der Waals surface area (Å²) in [5.74, 6) is 0.386. The van der Waals surface area contributed by atoms with Crippen molar-refractivity contribution in [3.8, 4) is 0 Å². The molecule has 2 heterocycles. The average molecular weight is 278 g/mol. The van der Waals surface area contributed by atoms with Gasteiger partial charge < -0.3 is 14.7 Å². The van der Waals surface area contributed by atoms with Gasteiger partial charge in [-0.2, -0.15) is 0 Å². The molecule has 0 spiro atoms. The minimum Gasteiger partial charge on any atom is -0.477 e. The summed E-state index contributed by atoms with van der Waals surface area (Å²) in [6.45, 7) is 6.81. The van der Waals surface area contributed by atoms with E-state index in [0.29, 0.717) is 5.92 Å². The largest absolute Gasteiger partial charge is 0.477 e. The highest BCUT2D eigenvalue weighted by molar-refractivity contribution is 5.85. The SMILES string of the molecule is CC(C)CCOC1CCN(c2cccc(C(=O)O)n2)C1. The minimum atomic E-state index is -0.990. The zero-order chi connectivity index (χ0) is 14.5. The molecule has 0 saturated carbocycles. The van der Waals surface area contributed by atoms with E-state index in [2.05, 4.69) is 23.7 Å². The van der Waals surface area contributed by atoms with Gasteiger partial charge in [0.15, 0.2) is 5.69 Å². The molecular weight excluding hydrogens is 256 g/mol. The molecule has 1 N–H and O–H groups in total. The highest BCUT2D eigenvalue weighted by Gasteiger charge is 2.24. The van der Waals surface area contributed by atoms with Crippen LogP contribution in [0.2, 0.25) is 0 Å². The molecule has 0 bridgehead atoms. The van der Waals surface area contributed by atoms with E-state index >= 15 is 0 Å². The van der Waals surface area contributed by atoms with Crippen molar-refractivity contribution in [3.63, 3.8) is 0 Å². The number of nitrogens with zero attached hydrogens (tertiary/aromatic N) is 2. The number of hydrogen-bond acceptors (Lipinski definition) is 4. The number of carboxylic acid groups (broad SMARTS) is 1. The molecule has 5 nitrogen and oxygen atoms in total. The lowest BCUT2D eigenvalue weighted by atomic mass is 10.1. The molecule has 0 radical (unpaired) electrons. The van der Waals surface area contributed by atoms with Gasteiger partial charge in [-0.05, 0) is 30.9 Å². The molecule has 0 aliphatic carbocycles. The number of hydrogen-bond donors (Lipinski definition) is 1. The second kappa shape index (κ2) is 6.70. The Morgan fingerprint density at radius 1 is 1.55 bits per heavy atom. The van der Waals surface area contributed by atoms with Crippen molar-refractivity contribution in [1.29, 1.82) is 0 Å². The van der Waals surface area contributed by atoms with E-state index < -0.39 is 5.97 Å². The number of aromatic carboxylic acids is 1. The van der Waals surface area contributed by atoms with Gasteiger partial charge in [-0.3, -0.25) is 0 Å². The topological polar surface area (TPSA) is 62.7 Å². The molecule has 1 aromatic heterocycles. The van der Waals surface area contributed by atoms with E-state index in [-0.39, 0.29) is 11.8 Å². The van der Waals surface area contributed by atoms with Crippen LogP contribution in [0.4, 0.5) is 5.82 Å². The van der Waals surface area contributed by atoms with Gasteiger partial charge in [-0.15, -0.1) is 0 Å². The predicted octanol–water partition coefficient (Wildman–Crippen LogP) is 2.42. The number of ether oxygens (including phenoxy) is 1. The van der Waals surface area contributed by atoms with Crippen LogP contribution in [0.3, 0.4) is 0 Å². The summed E-state index contributed by atoms with van der Waals surface area (Å²) in [6.07, 6.45) is 2.27. The average Bonchev–Trinajstić information content (AvgIpc) is 2.87. The monoisotopic (exact) mass is 278 g/mol. The fraction of sp³-hybridized carbons (Fsp3) is 0.600. The molecule has 1 unspecified atom stereocenters. The molecule has 1 saturated heterocycles. The number of anilines is 1. The van der Waals surface area contributed by atoms with Crippen molar-refractivity contribution in [1.82, 2.24) is 4.98 Å². The third-order valence-corrected chi connectivity index (χ3v) is 3.47. The first-order valence-corrected chi connectivity index (χ1v) is 7.13. The van der Waals surface area contributed by atoms with Crippen LogP contribution >= 0.6 is 0 Å². The van der Waals surface area contributed by atoms with Crippen LogP contribution in [0.5, 0.6) is 0 Å². The van der Waals surface area contributed by atoms with E-state index in [9.17, 15) is 4.79 Å². The normalized spacial score (nSPS) is 18.8. The van der Waals surface area contributed by atoms with Crippen LogP contribution in [0.1, 0.15) is 37.2 Å². The second-order valence-corrected chi connectivity index (χ2v) is 5.60. The van der Waals surface area contributed by atoms with E-state index in [1.807, 2.05) is 6.07 Å². The van der Waals surface area contributed by atoms with Crippen molar-refractivity contribution in [2.45, 2.75) is 32.8 Å². The molecule has 1 aliphatic heterocycles. The summed E-state index contributed by atoms with van der Waals surface area (Å²) in [4.78, 5) is 17.2. The fourth-order valence-corrected chi connectivity index (χ4v) is 2.26. The third kappa shape index (κ3) is 3.93. The molecule has 1 aromatic rings. The Morgan fingerprint density at radius 3 is 3.05 bits per heavy atom. The van der Waals surface area contributed by atoms with E-state index in [0.717, 1.165) is 38.4 Å². The maximum absolute atomic E-state index is 10.9. The molecule has 5 heteroatoms. The lowest BCUT2D eigenvalue weighted by molar-refractivity contribution is 0.0609. The highest BCUT2D eigenvalue weighted by Crippen LogP contribution is 2.20. The van der Waals surface area contributed by atoms with Crippen molar-refractivity contribution in [2.75, 3.05) is 24.6 Å². The van der Waals surface area contributed by atoms with Crippen LogP contribution in [-0.4, -0.2) is 41.9 Å². The lowest BCUT2D eigenvalue weighted by Crippen LogP contribution is -2.24. The Labute approximate surface area is 119 Å². The highest BCUT2D eigenvalue weighted by atomic mass is 16.5. The zero-order valence-corrected chi connectivity index (χ0v) is 12.1. The lowest BCUT2D eigenvalue weighted by Gasteiger charge is -2.18. The number of carbonyl (C=O) groups is 1. The first-order chi connectivity index (χ1) is 9.56. The van der Waals surface area contributed by atoms with Crippen LogP contribution in [0, 0.1) is 5.92 Å². The molecule has 1 atom stereocenters. The van der Waals surface area contributed by atoms with Gasteiger partial charge in [-0.1, -0.05) is 19.9 Å². The first-order valence-electron chi connectivity index (χ1n) is 7.13. The molecular formula is C15H22N2O3. The summed E-state index contributed by atoms with van der Waals surface area (Å²) in [5.41, 5.74) is 0.0895. The molecule has 0 amide bonds. The van der Waals surface area contributed by atoms with Gasteiger partial charge in [0, 0.05) is 19.7 Å². The molecule has 0 aromatic carbocycles. The second-order valence-electron chi connectivity index (χ2n) is 5.60. The van der Waals surface area contributed by atoms with Crippen LogP contribution in [0.25, 0.3) is 0 Å². The van der Waals surface area contributed by atoms with E-state index in [1.54, 1.807) is 6.07 Å². The van der Waals surface area contributed by atoms with E-state index in [1.165, 1.54) is 6.07 Å². The quantitative estimate of drug-likeness (QED) is 0.866. The van der Waals surface area contributed by atoms with Crippen molar-refractivity contribution in [3.05, 3.63) is 23.9 Å². The van der Waals surface area contributed by atoms with Gasteiger partial charge >= 0.3 is 5.97 Å². The molecule has 1 aliphatic rings. The fourth-order valence-electron chi connectivity index (χ4n) is 2.26. The smallest absolute Gasteiger partial charge is 0.354 e. The molecule has 110 valence electrons. The Kier molecular flexibility index (Phi) is 4.95. The third-order valence-electron chi connectivity index (χ3n) is 3.47. The van der Waals surface area contributed by atoms with Crippen LogP contribution in [-0.2, 0) is 4.74 Å². The maximum Gasteiger partial charge on any atom is 0.354 e. The minimum absolute atomic E-state index is 0.0895. The number of pyridine rings is 1. The van der Waals surface area contributed by atoms with Crippen molar-refractivity contribution < 1.29 is 14.6 Å². The number of rotatable bonds is 6. The Morgan fingerprint density at radius 2 is 2.35 bits per heavy atom. The molecule has 1 fully saturated rings. The summed E-state index contributed by atoms with van der Waals surface area (Å²) >= 11 is 0. The maximum atomic E-state index is 10.9. The van der Waals surface area contributed by atoms with Crippen LogP contribution in [0.15, 0.2) is 18.2 Å². The summed E-state index contributed by atoms with van der Waals surface area (Å²) in [5, 5.41) is 8.97. The standard InChI is InChI=1S/C15H22N2O3/c1-11(2)7-9-20-12-6-8-17(10-12)14-5-3-4-13(16-14)15(18)19/h3-5,11-12H,6-10H2,1-2H3,(H,18,19). The Hall–Kier alpha value is -1.62. The number of carboxylic acids is 1. The Bertz CT molecular complexity index is 462. The van der Waals surface area contributed by atoms with Crippen molar-refractivity contribution >= 4 is 11.8 Å². The van der Waals surface area contributed by atoms with Gasteiger partial charge in [0.2, 0.25) is 0 Å². The number of aromatic nitrogens is 1. The summed E-state index contributed by atoms with van der Waals surface area (Å²) in [7, 11) is 0. The van der Waals surface area contributed by atoms with E-state index in [4.69, 9.17) is 9.84 Å². The first kappa shape index (κ1) is 14.8. The van der Waals surface area contributed by atoms with Crippen LogP contribution < -0.4 is 4.90 Å². The van der Waals surface area contributed by atoms with Gasteiger partial charge in [0.25, 0.3) is 0 Å². The van der Waals surface area contributed by atoms with Gasteiger partial charge in [-0.25, -0.2) is 9.78 Å². The summed E-state index contributed by atoms with van der Waals surface area (Å²) < 4.78 is 5.86. The Balaban J connectivity index is 1.89. The van der Waals surface area contributed by atoms with Gasteiger partial charge in [0.05, 0.1) is 6.10 Å². The predicted molar refractivity (Wildman–Crippen MR) is 77.2 cm³/mol. The zero-order valence-electron chi connectivity index (χ0n) is 12.1. The van der Waals surface area contributed by atoms with Crippen molar-refractivity contribution in [2.24, 2.45) is 5.92 Å². The van der Waals surface area contributed by atoms with Gasteiger partial charge in [0.1, 0.15) is 5.82 Å². The molecule has 20 heavy (non-hydrogen) atoms.